The summed E-state index contributed by atoms with van der Waals surface area (Å²) >= 11 is 0. The Bertz CT molecular complexity index is 403. The van der Waals surface area contributed by atoms with Crippen LogP contribution in [0.3, 0.4) is 0 Å². The molecule has 0 fully saturated rings. The van der Waals surface area contributed by atoms with Crippen LogP contribution in [0.2, 0.25) is 0 Å². The van der Waals surface area contributed by atoms with Gasteiger partial charge in [0, 0.05) is 24.5 Å². The number of carbonyl (C=O) groups is 1. The lowest BCUT2D eigenvalue weighted by atomic mass is 10.1. The fourth-order valence-corrected chi connectivity index (χ4v) is 2.05. The lowest BCUT2D eigenvalue weighted by Crippen LogP contribution is -2.36. The first-order valence-electron chi connectivity index (χ1n) is 5.60. The first kappa shape index (κ1) is 10.8. The van der Waals surface area contributed by atoms with Crippen LogP contribution in [-0.4, -0.2) is 25.5 Å². The number of rotatable bonds is 3. The van der Waals surface area contributed by atoms with Gasteiger partial charge >= 0.3 is 0 Å². The van der Waals surface area contributed by atoms with Crippen LogP contribution in [0.15, 0.2) is 18.2 Å². The molecule has 86 valence electrons. The Morgan fingerprint density at radius 2 is 2.38 bits per heavy atom. The van der Waals surface area contributed by atoms with Gasteiger partial charge in [0.1, 0.15) is 0 Å². The Morgan fingerprint density at radius 3 is 3.12 bits per heavy atom. The predicted molar refractivity (Wildman–Crippen MR) is 65.5 cm³/mol. The van der Waals surface area contributed by atoms with Gasteiger partial charge in [-0.1, -0.05) is 6.07 Å². The number of nitrogen functional groups attached to an aromatic ring is 1. The molecular weight excluding hydrogens is 202 g/mol. The van der Waals surface area contributed by atoms with Crippen LogP contribution in [0.4, 0.5) is 11.4 Å². The summed E-state index contributed by atoms with van der Waals surface area (Å²) in [5.74, 6) is 0.0674. The minimum Gasteiger partial charge on any atom is -0.399 e. The number of carbonyl (C=O) groups excluding carboxylic acids is 1. The molecule has 4 heteroatoms. The highest BCUT2D eigenvalue weighted by molar-refractivity contribution is 5.82. The Kier molecular flexibility index (Phi) is 2.99. The SMILES string of the molecule is CCNC(=O)CN1CCc2ccc(N)cc21. The van der Waals surface area contributed by atoms with Gasteiger partial charge in [-0.2, -0.15) is 0 Å². The standard InChI is InChI=1S/C12H17N3O/c1-2-14-12(16)8-15-6-5-9-3-4-10(13)7-11(9)15/h3-4,7H,2,5-6,8,13H2,1H3,(H,14,16). The number of hydrogen-bond donors (Lipinski definition) is 2. The quantitative estimate of drug-likeness (QED) is 0.738. The van der Waals surface area contributed by atoms with Gasteiger partial charge in [-0.15, -0.1) is 0 Å². The summed E-state index contributed by atoms with van der Waals surface area (Å²) in [7, 11) is 0. The summed E-state index contributed by atoms with van der Waals surface area (Å²) in [6, 6.07) is 5.90. The highest BCUT2D eigenvalue weighted by atomic mass is 16.2. The van der Waals surface area contributed by atoms with E-state index in [1.54, 1.807) is 0 Å². The van der Waals surface area contributed by atoms with E-state index < -0.39 is 0 Å². The highest BCUT2D eigenvalue weighted by Gasteiger charge is 2.20. The number of benzene rings is 1. The van der Waals surface area contributed by atoms with Crippen LogP contribution in [-0.2, 0) is 11.2 Å². The van der Waals surface area contributed by atoms with Crippen molar-refractivity contribution in [1.82, 2.24) is 5.32 Å². The van der Waals surface area contributed by atoms with Gasteiger partial charge in [-0.25, -0.2) is 0 Å². The molecule has 0 spiro atoms. The second-order valence-electron chi connectivity index (χ2n) is 4.01. The second kappa shape index (κ2) is 4.43. The fraction of sp³-hybridized carbons (Fsp3) is 0.417. The van der Waals surface area contributed by atoms with Crippen LogP contribution in [0.25, 0.3) is 0 Å². The van der Waals surface area contributed by atoms with Gasteiger partial charge in [-0.3, -0.25) is 4.79 Å². The zero-order valence-electron chi connectivity index (χ0n) is 9.49. The monoisotopic (exact) mass is 219 g/mol. The summed E-state index contributed by atoms with van der Waals surface area (Å²) < 4.78 is 0. The molecule has 0 atom stereocenters. The van der Waals surface area contributed by atoms with Crippen LogP contribution in [0, 0.1) is 0 Å². The number of likely N-dealkylation sites (N-methyl/N-ethyl adjacent to an activating group) is 1. The Labute approximate surface area is 95.4 Å². The van der Waals surface area contributed by atoms with Crippen LogP contribution < -0.4 is 16.0 Å². The van der Waals surface area contributed by atoms with Crippen molar-refractivity contribution in [2.24, 2.45) is 0 Å². The molecule has 3 N–H and O–H groups in total. The molecule has 1 aliphatic heterocycles. The molecule has 0 radical (unpaired) electrons. The van der Waals surface area contributed by atoms with Gasteiger partial charge in [-0.05, 0) is 31.0 Å². The number of amides is 1. The van der Waals surface area contributed by atoms with Crippen LogP contribution in [0.1, 0.15) is 12.5 Å². The molecule has 0 saturated carbocycles. The summed E-state index contributed by atoms with van der Waals surface area (Å²) in [6.45, 7) is 3.92. The topological polar surface area (TPSA) is 58.4 Å². The largest absolute Gasteiger partial charge is 0.399 e. The first-order valence-corrected chi connectivity index (χ1v) is 5.60. The number of nitrogens with two attached hydrogens (primary N) is 1. The average molecular weight is 219 g/mol. The molecular formula is C12H17N3O. The molecule has 0 aliphatic carbocycles. The third-order valence-corrected chi connectivity index (χ3v) is 2.81. The van der Waals surface area contributed by atoms with E-state index in [1.807, 2.05) is 25.1 Å². The maximum absolute atomic E-state index is 11.5. The lowest BCUT2D eigenvalue weighted by molar-refractivity contribution is -0.119. The number of anilines is 2. The molecule has 2 rings (SSSR count). The number of nitrogens with one attached hydrogen (secondary N) is 1. The van der Waals surface area contributed by atoms with E-state index >= 15 is 0 Å². The molecule has 0 saturated heterocycles. The third kappa shape index (κ3) is 2.10. The highest BCUT2D eigenvalue weighted by Crippen LogP contribution is 2.29. The van der Waals surface area contributed by atoms with Crippen molar-refractivity contribution in [3.05, 3.63) is 23.8 Å². The van der Waals surface area contributed by atoms with E-state index in [-0.39, 0.29) is 5.91 Å². The maximum Gasteiger partial charge on any atom is 0.239 e. The van der Waals surface area contributed by atoms with Crippen molar-refractivity contribution in [3.8, 4) is 0 Å². The molecule has 0 unspecified atom stereocenters. The van der Waals surface area contributed by atoms with Gasteiger partial charge in [0.15, 0.2) is 0 Å². The fourth-order valence-electron chi connectivity index (χ4n) is 2.05. The molecule has 0 bridgehead atoms. The predicted octanol–water partition coefficient (Wildman–Crippen LogP) is 0.767. The van der Waals surface area contributed by atoms with Crippen LogP contribution in [0.5, 0.6) is 0 Å². The maximum atomic E-state index is 11.5. The average Bonchev–Trinajstić information content (AvgIpc) is 2.61. The van der Waals surface area contributed by atoms with Crippen molar-refractivity contribution in [2.45, 2.75) is 13.3 Å². The number of fused-ring (bicyclic) bond motifs is 1. The van der Waals surface area contributed by atoms with Gasteiger partial charge in [0.2, 0.25) is 5.91 Å². The van der Waals surface area contributed by atoms with E-state index in [1.165, 1.54) is 5.56 Å². The molecule has 4 nitrogen and oxygen atoms in total. The summed E-state index contributed by atoms with van der Waals surface area (Å²) in [4.78, 5) is 13.6. The zero-order valence-corrected chi connectivity index (χ0v) is 9.49. The minimum absolute atomic E-state index is 0.0674. The van der Waals surface area contributed by atoms with Crippen molar-refractivity contribution in [2.75, 3.05) is 30.3 Å². The number of nitrogens with zero attached hydrogens (tertiary/aromatic N) is 1. The van der Waals surface area contributed by atoms with E-state index in [4.69, 9.17) is 5.73 Å². The number of hydrogen-bond acceptors (Lipinski definition) is 3. The Balaban J connectivity index is 2.11. The van der Waals surface area contributed by atoms with Crippen molar-refractivity contribution < 1.29 is 4.79 Å². The summed E-state index contributed by atoms with van der Waals surface area (Å²) in [6.07, 6.45) is 0.995. The van der Waals surface area contributed by atoms with Gasteiger partial charge in [0.05, 0.1) is 6.54 Å². The van der Waals surface area contributed by atoms with Gasteiger partial charge in [0.25, 0.3) is 0 Å². The molecule has 1 aromatic carbocycles. The van der Waals surface area contributed by atoms with Crippen molar-refractivity contribution >= 4 is 17.3 Å². The second-order valence-corrected chi connectivity index (χ2v) is 4.01. The zero-order chi connectivity index (χ0) is 11.5. The molecule has 1 aromatic rings. The van der Waals surface area contributed by atoms with Crippen LogP contribution >= 0.6 is 0 Å². The van der Waals surface area contributed by atoms with Crippen molar-refractivity contribution in [1.29, 1.82) is 0 Å². The van der Waals surface area contributed by atoms with E-state index in [0.29, 0.717) is 13.1 Å². The van der Waals surface area contributed by atoms with E-state index in [0.717, 1.165) is 24.3 Å². The summed E-state index contributed by atoms with van der Waals surface area (Å²) in [5, 5.41) is 2.81. The smallest absolute Gasteiger partial charge is 0.239 e. The molecule has 0 aromatic heterocycles. The molecule has 16 heavy (non-hydrogen) atoms. The molecule has 1 amide bonds. The Morgan fingerprint density at radius 1 is 1.56 bits per heavy atom. The normalized spacial score (nSPS) is 13.7. The van der Waals surface area contributed by atoms with Crippen molar-refractivity contribution in [3.63, 3.8) is 0 Å². The first-order chi connectivity index (χ1) is 7.70. The molecule has 1 heterocycles. The molecule has 1 aliphatic rings. The third-order valence-electron chi connectivity index (χ3n) is 2.81. The van der Waals surface area contributed by atoms with Gasteiger partial charge < -0.3 is 16.0 Å². The summed E-state index contributed by atoms with van der Waals surface area (Å²) in [5.41, 5.74) is 8.89. The Hall–Kier alpha value is -1.71. The van der Waals surface area contributed by atoms with E-state index in [2.05, 4.69) is 10.2 Å². The van der Waals surface area contributed by atoms with E-state index in [9.17, 15) is 4.79 Å². The minimum atomic E-state index is 0.0674. The lowest BCUT2D eigenvalue weighted by Gasteiger charge is -2.18.